The Kier molecular flexibility index (Phi) is 6.18. The zero-order valence-electron chi connectivity index (χ0n) is 14.6. The Morgan fingerprint density at radius 2 is 2.21 bits per heavy atom. The first-order chi connectivity index (χ1) is 13.6. The molecule has 1 saturated heterocycles. The van der Waals surface area contributed by atoms with Crippen molar-refractivity contribution in [2.75, 3.05) is 0 Å². The summed E-state index contributed by atoms with van der Waals surface area (Å²) in [6.45, 7) is 0.460. The molecule has 1 atom stereocenters. The average molecular weight is 396 g/mol. The van der Waals surface area contributed by atoms with Crippen LogP contribution in [0.4, 0.5) is 0 Å². The number of nitrogens with one attached hydrogen (secondary N) is 1. The van der Waals surface area contributed by atoms with Gasteiger partial charge in [0.15, 0.2) is 5.17 Å². The number of rotatable bonds is 7. The SMILES string of the molecule is N#CCCn1cc(/C=N\N=C2/NC(=O)[C@@H](CC(=O)O)S2)c(-c2ccccc2)n1. The van der Waals surface area contributed by atoms with Gasteiger partial charge in [0.05, 0.1) is 31.7 Å². The van der Waals surface area contributed by atoms with E-state index in [9.17, 15) is 9.59 Å². The lowest BCUT2D eigenvalue weighted by molar-refractivity contribution is -0.138. The van der Waals surface area contributed by atoms with Crippen LogP contribution < -0.4 is 5.32 Å². The third-order valence-electron chi connectivity index (χ3n) is 3.77. The Morgan fingerprint density at radius 3 is 2.93 bits per heavy atom. The molecular formula is C18H16N6O3S. The van der Waals surface area contributed by atoms with Gasteiger partial charge in [0, 0.05) is 17.3 Å². The van der Waals surface area contributed by atoms with Crippen LogP contribution in [-0.4, -0.2) is 43.4 Å². The van der Waals surface area contributed by atoms with Gasteiger partial charge in [-0.15, -0.1) is 5.10 Å². The van der Waals surface area contributed by atoms with Crippen molar-refractivity contribution >= 4 is 35.0 Å². The number of carboxylic acid groups (broad SMARTS) is 1. The second-order valence-electron chi connectivity index (χ2n) is 5.81. The number of hydrogen-bond donors (Lipinski definition) is 2. The van der Waals surface area contributed by atoms with Crippen molar-refractivity contribution in [3.8, 4) is 17.3 Å². The van der Waals surface area contributed by atoms with Gasteiger partial charge >= 0.3 is 5.97 Å². The number of aromatic nitrogens is 2. The highest BCUT2D eigenvalue weighted by Crippen LogP contribution is 2.23. The molecule has 1 fully saturated rings. The summed E-state index contributed by atoms with van der Waals surface area (Å²) in [6.07, 6.45) is 3.35. The summed E-state index contributed by atoms with van der Waals surface area (Å²) in [5.74, 6) is -1.44. The van der Waals surface area contributed by atoms with E-state index >= 15 is 0 Å². The van der Waals surface area contributed by atoms with Crippen LogP contribution in [0, 0.1) is 11.3 Å². The molecule has 2 N–H and O–H groups in total. The average Bonchev–Trinajstić information content (AvgIpc) is 3.24. The van der Waals surface area contributed by atoms with E-state index < -0.39 is 17.1 Å². The minimum atomic E-state index is -1.05. The van der Waals surface area contributed by atoms with Gasteiger partial charge in [-0.05, 0) is 0 Å². The molecule has 9 nitrogen and oxygen atoms in total. The van der Waals surface area contributed by atoms with E-state index in [1.54, 1.807) is 10.9 Å². The van der Waals surface area contributed by atoms with Crippen LogP contribution in [0.15, 0.2) is 46.7 Å². The van der Waals surface area contributed by atoms with Crippen molar-refractivity contribution in [3.05, 3.63) is 42.1 Å². The summed E-state index contributed by atoms with van der Waals surface area (Å²) in [4.78, 5) is 22.5. The van der Waals surface area contributed by atoms with Gasteiger partial charge in [-0.1, -0.05) is 42.1 Å². The van der Waals surface area contributed by atoms with Gasteiger partial charge in [-0.2, -0.15) is 15.5 Å². The lowest BCUT2D eigenvalue weighted by atomic mass is 10.1. The van der Waals surface area contributed by atoms with E-state index in [0.717, 1.165) is 17.3 Å². The van der Waals surface area contributed by atoms with E-state index in [2.05, 4.69) is 26.7 Å². The fourth-order valence-corrected chi connectivity index (χ4v) is 3.43. The maximum absolute atomic E-state index is 11.7. The number of thioether (sulfide) groups is 1. The van der Waals surface area contributed by atoms with Gasteiger partial charge in [-0.3, -0.25) is 14.3 Å². The first-order valence-electron chi connectivity index (χ1n) is 8.37. The number of nitriles is 1. The van der Waals surface area contributed by atoms with E-state index in [-0.39, 0.29) is 11.6 Å². The van der Waals surface area contributed by atoms with Gasteiger partial charge in [0.2, 0.25) is 5.91 Å². The molecule has 0 bridgehead atoms. The number of carbonyl (C=O) groups is 2. The zero-order valence-corrected chi connectivity index (χ0v) is 15.5. The number of aryl methyl sites for hydroxylation is 1. The molecule has 10 heteroatoms. The Hall–Kier alpha value is -3.45. The normalized spacial score (nSPS) is 17.8. The Labute approximate surface area is 164 Å². The number of benzene rings is 1. The highest BCUT2D eigenvalue weighted by atomic mass is 32.2. The van der Waals surface area contributed by atoms with Crippen molar-refractivity contribution < 1.29 is 14.7 Å². The summed E-state index contributed by atoms with van der Waals surface area (Å²) >= 11 is 1.04. The van der Waals surface area contributed by atoms with Crippen molar-refractivity contribution in [2.24, 2.45) is 10.2 Å². The maximum Gasteiger partial charge on any atom is 0.305 e. The standard InChI is InChI=1S/C18H16N6O3S/c19-7-4-8-24-11-13(16(23-24)12-5-2-1-3-6-12)10-20-22-18-21-17(27)14(28-18)9-15(25)26/h1-3,5-6,10-11,14H,4,8-9H2,(H,25,26)(H,21,22,27)/b20-10-/t14-/m1/s1. The Morgan fingerprint density at radius 1 is 1.43 bits per heavy atom. The third-order valence-corrected chi connectivity index (χ3v) is 4.84. The number of carboxylic acids is 1. The molecule has 0 spiro atoms. The molecule has 2 aromatic rings. The van der Waals surface area contributed by atoms with E-state index in [0.29, 0.717) is 24.2 Å². The van der Waals surface area contributed by atoms with Crippen LogP contribution in [-0.2, 0) is 16.1 Å². The number of carbonyl (C=O) groups excluding carboxylic acids is 1. The summed E-state index contributed by atoms with van der Waals surface area (Å²) in [7, 11) is 0. The summed E-state index contributed by atoms with van der Waals surface area (Å²) < 4.78 is 1.68. The second kappa shape index (κ2) is 8.96. The molecule has 0 radical (unpaired) electrons. The molecule has 0 aliphatic carbocycles. The van der Waals surface area contributed by atoms with E-state index in [4.69, 9.17) is 10.4 Å². The van der Waals surface area contributed by atoms with E-state index in [1.807, 2.05) is 30.3 Å². The monoisotopic (exact) mass is 396 g/mol. The van der Waals surface area contributed by atoms with Gasteiger partial charge < -0.3 is 10.4 Å². The molecule has 1 aromatic carbocycles. The van der Waals surface area contributed by atoms with Crippen molar-refractivity contribution in [3.63, 3.8) is 0 Å². The number of amidine groups is 1. The predicted octanol–water partition coefficient (Wildman–Crippen LogP) is 1.86. The highest BCUT2D eigenvalue weighted by molar-refractivity contribution is 8.15. The first-order valence-corrected chi connectivity index (χ1v) is 9.25. The summed E-state index contributed by atoms with van der Waals surface area (Å²) in [5.41, 5.74) is 2.32. The Balaban J connectivity index is 1.79. The number of hydrogen-bond acceptors (Lipinski definition) is 7. The van der Waals surface area contributed by atoms with Crippen LogP contribution in [0.3, 0.4) is 0 Å². The fraction of sp³-hybridized carbons (Fsp3) is 0.222. The number of amides is 1. The maximum atomic E-state index is 11.7. The molecule has 142 valence electrons. The molecular weight excluding hydrogens is 380 g/mol. The van der Waals surface area contributed by atoms with Gasteiger partial charge in [-0.25, -0.2) is 0 Å². The third kappa shape index (κ3) is 4.83. The van der Waals surface area contributed by atoms with Crippen LogP contribution in [0.1, 0.15) is 18.4 Å². The number of nitrogens with zero attached hydrogens (tertiary/aromatic N) is 5. The van der Waals surface area contributed by atoms with Gasteiger partial charge in [0.1, 0.15) is 10.9 Å². The second-order valence-corrected chi connectivity index (χ2v) is 7.01. The van der Waals surface area contributed by atoms with Crippen molar-refractivity contribution in [1.29, 1.82) is 5.26 Å². The minimum Gasteiger partial charge on any atom is -0.481 e. The first kappa shape index (κ1) is 19.3. The van der Waals surface area contributed by atoms with Gasteiger partial charge in [0.25, 0.3) is 0 Å². The largest absolute Gasteiger partial charge is 0.481 e. The Bertz CT molecular complexity index is 977. The molecule has 28 heavy (non-hydrogen) atoms. The van der Waals surface area contributed by atoms with E-state index in [1.165, 1.54) is 6.21 Å². The molecule has 0 unspecified atom stereocenters. The number of aliphatic carboxylic acids is 1. The molecule has 1 aliphatic rings. The van der Waals surface area contributed by atoms with Crippen LogP contribution >= 0.6 is 11.8 Å². The molecule has 1 amide bonds. The minimum absolute atomic E-state index is 0.255. The zero-order chi connectivity index (χ0) is 19.9. The van der Waals surface area contributed by atoms with Crippen molar-refractivity contribution in [1.82, 2.24) is 15.1 Å². The molecule has 2 heterocycles. The molecule has 3 rings (SSSR count). The topological polar surface area (TPSA) is 133 Å². The van der Waals surface area contributed by atoms with Crippen molar-refractivity contribution in [2.45, 2.75) is 24.6 Å². The summed E-state index contributed by atoms with van der Waals surface area (Å²) in [5, 5.41) is 32.1. The van der Waals surface area contributed by atoms with Crippen LogP contribution in [0.25, 0.3) is 11.3 Å². The quantitative estimate of drug-likeness (QED) is 0.542. The lowest BCUT2D eigenvalue weighted by Crippen LogP contribution is -2.26. The highest BCUT2D eigenvalue weighted by Gasteiger charge is 2.32. The molecule has 1 aromatic heterocycles. The predicted molar refractivity (Wildman–Crippen MR) is 105 cm³/mol. The van der Waals surface area contributed by atoms with Crippen LogP contribution in [0.2, 0.25) is 0 Å². The smallest absolute Gasteiger partial charge is 0.305 e. The molecule has 0 saturated carbocycles. The fourth-order valence-electron chi connectivity index (χ4n) is 2.52. The summed E-state index contributed by atoms with van der Waals surface area (Å²) in [6, 6.07) is 11.6. The van der Waals surface area contributed by atoms with Crippen LogP contribution in [0.5, 0.6) is 0 Å². The lowest BCUT2D eigenvalue weighted by Gasteiger charge is -1.98. The molecule has 1 aliphatic heterocycles.